The van der Waals surface area contributed by atoms with E-state index >= 15 is 0 Å². The first kappa shape index (κ1) is 29.5. The second-order valence-corrected chi connectivity index (χ2v) is 14.2. The normalized spacial score (nSPS) is 18.6. The van der Waals surface area contributed by atoms with E-state index in [2.05, 4.69) is 137 Å². The van der Waals surface area contributed by atoms with Gasteiger partial charge in [-0.2, -0.15) is 0 Å². The number of aromatic nitrogens is 2. The molecule has 0 fully saturated rings. The first-order valence-electron chi connectivity index (χ1n) is 15.9. The molecule has 0 amide bonds. The molecule has 2 N–H and O–H groups in total. The summed E-state index contributed by atoms with van der Waals surface area (Å²) >= 11 is 4.12. The Bertz CT molecular complexity index is 1110. The van der Waals surface area contributed by atoms with Crippen LogP contribution in [0.3, 0.4) is 0 Å². The summed E-state index contributed by atoms with van der Waals surface area (Å²) in [5.74, 6) is 0. The van der Waals surface area contributed by atoms with Crippen molar-refractivity contribution in [3.8, 4) is 0 Å². The number of H-pyrrole nitrogens is 2. The summed E-state index contributed by atoms with van der Waals surface area (Å²) in [6.07, 6.45) is 8.71. The largest absolute Gasteiger partial charge is 0.361 e. The summed E-state index contributed by atoms with van der Waals surface area (Å²) in [5, 5.41) is 0. The zero-order valence-corrected chi connectivity index (χ0v) is 27.7. The molecule has 4 aromatic heterocycles. The molecule has 0 aliphatic carbocycles. The van der Waals surface area contributed by atoms with Crippen LogP contribution in [-0.2, 0) is 21.7 Å². The minimum atomic E-state index is -0.000236. The lowest BCUT2D eigenvalue weighted by atomic mass is 9.76. The molecule has 0 aromatic carbocycles. The van der Waals surface area contributed by atoms with E-state index < -0.39 is 0 Å². The van der Waals surface area contributed by atoms with E-state index in [1.165, 1.54) is 42.3 Å². The molecule has 216 valence electrons. The highest BCUT2D eigenvalue weighted by molar-refractivity contribution is 7.12. The molecule has 5 rings (SSSR count). The minimum absolute atomic E-state index is 0.000236. The molecule has 0 saturated heterocycles. The topological polar surface area (TPSA) is 31.6 Å². The van der Waals surface area contributed by atoms with Crippen molar-refractivity contribution in [3.63, 3.8) is 0 Å². The maximum atomic E-state index is 4.08. The highest BCUT2D eigenvalue weighted by atomic mass is 32.1. The smallest absolute Gasteiger partial charge is 0.0441 e. The van der Waals surface area contributed by atoms with Crippen molar-refractivity contribution < 1.29 is 0 Å². The summed E-state index contributed by atoms with van der Waals surface area (Å²) in [6, 6.07) is 19.5. The molecule has 2 nitrogen and oxygen atoms in total. The number of nitrogens with one attached hydrogen (secondary N) is 2. The van der Waals surface area contributed by atoms with Crippen LogP contribution < -0.4 is 0 Å². The maximum Gasteiger partial charge on any atom is 0.0441 e. The fourth-order valence-electron chi connectivity index (χ4n) is 8.06. The Hall–Kier alpha value is -2.04. The van der Waals surface area contributed by atoms with E-state index in [4.69, 9.17) is 0 Å². The van der Waals surface area contributed by atoms with Gasteiger partial charge >= 0.3 is 0 Å². The molecular formula is C36H50N2S2. The highest BCUT2D eigenvalue weighted by Gasteiger charge is 2.43. The van der Waals surface area contributed by atoms with E-state index in [1.807, 2.05) is 0 Å². The average Bonchev–Trinajstić information content (AvgIpc) is 3.81. The van der Waals surface area contributed by atoms with Gasteiger partial charge in [-0.15, -0.1) is 22.7 Å². The van der Waals surface area contributed by atoms with Gasteiger partial charge in [-0.1, -0.05) is 55.4 Å². The second kappa shape index (κ2) is 11.0. The monoisotopic (exact) mass is 574 g/mol. The summed E-state index contributed by atoms with van der Waals surface area (Å²) in [4.78, 5) is 14.2. The van der Waals surface area contributed by atoms with Crippen LogP contribution in [0.5, 0.6) is 0 Å². The van der Waals surface area contributed by atoms with Gasteiger partial charge in [-0.3, -0.25) is 0 Å². The Balaban J connectivity index is 1.86. The van der Waals surface area contributed by atoms with Crippen molar-refractivity contribution in [1.29, 1.82) is 0 Å². The first-order chi connectivity index (χ1) is 19.3. The molecule has 4 aromatic rings. The van der Waals surface area contributed by atoms with Crippen LogP contribution in [-0.4, -0.2) is 9.97 Å². The molecule has 0 unspecified atom stereocenters. The summed E-state index contributed by atoms with van der Waals surface area (Å²) < 4.78 is 0. The molecular weight excluding hydrogens is 525 g/mol. The molecule has 5 heterocycles. The summed E-state index contributed by atoms with van der Waals surface area (Å²) in [7, 11) is 0. The van der Waals surface area contributed by atoms with Crippen LogP contribution in [0, 0.1) is 0 Å². The van der Waals surface area contributed by atoms with E-state index in [-0.39, 0.29) is 21.7 Å². The molecule has 1 aliphatic rings. The van der Waals surface area contributed by atoms with E-state index in [0.717, 1.165) is 51.4 Å². The van der Waals surface area contributed by atoms with Crippen LogP contribution in [0.25, 0.3) is 0 Å². The van der Waals surface area contributed by atoms with Crippen molar-refractivity contribution in [2.75, 3.05) is 0 Å². The highest BCUT2D eigenvalue weighted by Crippen LogP contribution is 2.52. The number of fused-ring (bicyclic) bond motifs is 8. The number of aromatic amines is 2. The van der Waals surface area contributed by atoms with Crippen molar-refractivity contribution in [3.05, 3.63) is 90.8 Å². The minimum Gasteiger partial charge on any atom is -0.361 e. The molecule has 0 radical (unpaired) electrons. The molecule has 0 atom stereocenters. The van der Waals surface area contributed by atoms with Crippen molar-refractivity contribution >= 4 is 22.7 Å². The lowest BCUT2D eigenvalue weighted by Gasteiger charge is -2.34. The predicted molar refractivity (Wildman–Crippen MR) is 176 cm³/mol. The van der Waals surface area contributed by atoms with Gasteiger partial charge in [0.05, 0.1) is 0 Å². The van der Waals surface area contributed by atoms with Crippen molar-refractivity contribution in [2.45, 2.75) is 128 Å². The van der Waals surface area contributed by atoms with Gasteiger partial charge in [0.1, 0.15) is 0 Å². The molecule has 1 aliphatic heterocycles. The fraction of sp³-hybridized carbons (Fsp3) is 0.556. The number of hydrogen-bond acceptors (Lipinski definition) is 2. The summed E-state index contributed by atoms with van der Waals surface area (Å²) in [6.45, 7) is 19.0. The third-order valence-electron chi connectivity index (χ3n) is 11.4. The van der Waals surface area contributed by atoms with Gasteiger partial charge in [0.25, 0.3) is 0 Å². The zero-order chi connectivity index (χ0) is 28.8. The van der Waals surface area contributed by atoms with Gasteiger partial charge in [0, 0.05) is 63.9 Å². The third-order valence-corrected chi connectivity index (χ3v) is 14.3. The van der Waals surface area contributed by atoms with Gasteiger partial charge in [0.2, 0.25) is 0 Å². The van der Waals surface area contributed by atoms with E-state index in [9.17, 15) is 0 Å². The van der Waals surface area contributed by atoms with Crippen LogP contribution in [0.15, 0.2) is 48.5 Å². The zero-order valence-electron chi connectivity index (χ0n) is 26.1. The second-order valence-electron chi connectivity index (χ2n) is 12.1. The quantitative estimate of drug-likeness (QED) is 0.210. The third kappa shape index (κ3) is 3.91. The SMILES string of the molecule is CCC1(CC)c2ccc([nH]2)C(CC)(CC)c2ccc(s2)C(CC)(CC)c2ccc([nH]2)C(CC)(CC)c2ccc1s2. The van der Waals surface area contributed by atoms with E-state index in [1.54, 1.807) is 0 Å². The molecule has 0 saturated carbocycles. The number of hydrogen-bond donors (Lipinski definition) is 2. The fourth-order valence-corrected chi connectivity index (χ4v) is 11.5. The first-order valence-corrected chi connectivity index (χ1v) is 17.6. The van der Waals surface area contributed by atoms with Crippen LogP contribution in [0.2, 0.25) is 0 Å². The lowest BCUT2D eigenvalue weighted by molar-refractivity contribution is 0.452. The maximum absolute atomic E-state index is 4.08. The predicted octanol–water partition coefficient (Wildman–Crippen LogP) is 11.2. The number of rotatable bonds is 8. The molecule has 8 bridgehead atoms. The Labute approximate surface area is 251 Å². The van der Waals surface area contributed by atoms with Crippen LogP contribution in [0.4, 0.5) is 0 Å². The van der Waals surface area contributed by atoms with Crippen LogP contribution >= 0.6 is 22.7 Å². The Kier molecular flexibility index (Phi) is 8.09. The Morgan fingerprint density at radius 2 is 0.575 bits per heavy atom. The number of thiophene rings is 2. The Morgan fingerprint density at radius 1 is 0.375 bits per heavy atom. The molecule has 0 spiro atoms. The summed E-state index contributed by atoms with van der Waals surface area (Å²) in [5.41, 5.74) is 5.53. The van der Waals surface area contributed by atoms with Gasteiger partial charge in [-0.05, 0) is 99.9 Å². The molecule has 4 heteroatoms. The van der Waals surface area contributed by atoms with Crippen LogP contribution in [0.1, 0.15) is 149 Å². The van der Waals surface area contributed by atoms with Crippen molar-refractivity contribution in [1.82, 2.24) is 9.97 Å². The van der Waals surface area contributed by atoms with Gasteiger partial charge in [0.15, 0.2) is 0 Å². The standard InChI is InChI=1S/C36H50N2S2/c1-9-33(10-2)25-17-18-26(37-25)34(11-3,12-4)31-23-24-32(40-31)36(15-7,16-8)28-20-19-27(38-28)35(13-5,14-6)30-22-21-29(33)39-30/h17-24,37-38H,9-16H2,1-8H3. The Morgan fingerprint density at radius 3 is 0.750 bits per heavy atom. The van der Waals surface area contributed by atoms with E-state index in [0.29, 0.717) is 0 Å². The van der Waals surface area contributed by atoms with Gasteiger partial charge < -0.3 is 9.97 Å². The van der Waals surface area contributed by atoms with Crippen molar-refractivity contribution in [2.24, 2.45) is 0 Å². The lowest BCUT2D eigenvalue weighted by Crippen LogP contribution is -2.29. The van der Waals surface area contributed by atoms with Gasteiger partial charge in [-0.25, -0.2) is 0 Å². The average molecular weight is 575 g/mol. The molecule has 40 heavy (non-hydrogen) atoms.